The molecule has 0 aromatic carbocycles. The Morgan fingerprint density at radius 1 is 1.56 bits per heavy atom. The van der Waals surface area contributed by atoms with Gasteiger partial charge in [0, 0.05) is 19.2 Å². The number of hydrogen-bond donors (Lipinski definition) is 2. The van der Waals surface area contributed by atoms with E-state index >= 15 is 0 Å². The molecule has 0 spiro atoms. The van der Waals surface area contributed by atoms with Crippen molar-refractivity contribution in [3.8, 4) is 0 Å². The molecule has 1 aromatic heterocycles. The summed E-state index contributed by atoms with van der Waals surface area (Å²) < 4.78 is 1.17. The van der Waals surface area contributed by atoms with Crippen molar-refractivity contribution < 1.29 is 4.79 Å². The van der Waals surface area contributed by atoms with Gasteiger partial charge in [-0.1, -0.05) is 0 Å². The zero-order valence-electron chi connectivity index (χ0n) is 10.5. The number of amides is 1. The molecule has 1 aliphatic carbocycles. The summed E-state index contributed by atoms with van der Waals surface area (Å²) in [5, 5.41) is 9.77. The van der Waals surface area contributed by atoms with E-state index in [1.165, 1.54) is 23.6 Å². The van der Waals surface area contributed by atoms with Crippen molar-refractivity contribution in [1.82, 2.24) is 15.1 Å². The number of carbonyl (C=O) groups is 1. The van der Waals surface area contributed by atoms with Gasteiger partial charge in [0.15, 0.2) is 0 Å². The number of hydrogen-bond acceptors (Lipinski definition) is 4. The molecule has 2 rings (SSSR count). The van der Waals surface area contributed by atoms with Gasteiger partial charge < -0.3 is 10.6 Å². The van der Waals surface area contributed by atoms with E-state index in [2.05, 4.69) is 15.7 Å². The zero-order valence-corrected chi connectivity index (χ0v) is 10.5. The molecule has 98 valence electrons. The number of nitrogens with one attached hydrogen (secondary N) is 2. The Morgan fingerprint density at radius 3 is 2.94 bits per heavy atom. The third kappa shape index (κ3) is 3.58. The number of rotatable bonds is 6. The summed E-state index contributed by atoms with van der Waals surface area (Å²) in [6.07, 6.45) is 3.94. The van der Waals surface area contributed by atoms with Crippen LogP contribution in [-0.4, -0.2) is 28.8 Å². The van der Waals surface area contributed by atoms with Gasteiger partial charge in [0.05, 0.1) is 11.9 Å². The summed E-state index contributed by atoms with van der Waals surface area (Å²) >= 11 is 0. The van der Waals surface area contributed by atoms with Crippen LogP contribution < -0.4 is 16.2 Å². The van der Waals surface area contributed by atoms with E-state index in [1.54, 1.807) is 6.20 Å². The van der Waals surface area contributed by atoms with Crippen LogP contribution in [0.4, 0.5) is 5.69 Å². The largest absolute Gasteiger partial charge is 0.384 e. The van der Waals surface area contributed by atoms with Crippen LogP contribution in [-0.2, 0) is 11.3 Å². The molecule has 6 heteroatoms. The number of carbonyl (C=O) groups excluding carboxylic acids is 1. The minimum atomic E-state index is -0.268. The van der Waals surface area contributed by atoms with Crippen LogP contribution in [0, 0.1) is 5.92 Å². The second-order valence-electron chi connectivity index (χ2n) is 4.52. The third-order valence-electron chi connectivity index (χ3n) is 2.83. The predicted octanol–water partition coefficient (Wildman–Crippen LogP) is 0.201. The van der Waals surface area contributed by atoms with E-state index in [4.69, 9.17) is 0 Å². The summed E-state index contributed by atoms with van der Waals surface area (Å²) in [5.41, 5.74) is 0.409. The lowest BCUT2D eigenvalue weighted by molar-refractivity contribution is -0.121. The maximum Gasteiger partial charge on any atom is 0.269 e. The molecule has 0 radical (unpaired) electrons. The molecule has 1 aromatic rings. The van der Waals surface area contributed by atoms with Crippen LogP contribution in [0.3, 0.4) is 0 Å². The molecule has 1 fully saturated rings. The molecule has 18 heavy (non-hydrogen) atoms. The molecule has 0 saturated heterocycles. The van der Waals surface area contributed by atoms with E-state index in [-0.39, 0.29) is 18.0 Å². The average Bonchev–Trinajstić information content (AvgIpc) is 3.14. The molecule has 6 nitrogen and oxygen atoms in total. The minimum Gasteiger partial charge on any atom is -0.384 e. The van der Waals surface area contributed by atoms with Gasteiger partial charge in [-0.2, -0.15) is 5.10 Å². The molecule has 0 atom stereocenters. The molecule has 2 N–H and O–H groups in total. The van der Waals surface area contributed by atoms with Crippen LogP contribution >= 0.6 is 0 Å². The summed E-state index contributed by atoms with van der Waals surface area (Å²) in [7, 11) is 0. The normalized spacial score (nSPS) is 14.3. The SMILES string of the molecule is CCNc1cnn(CC(=O)NCC2CC2)c(=O)c1. The smallest absolute Gasteiger partial charge is 0.269 e. The summed E-state index contributed by atoms with van der Waals surface area (Å²) in [5.74, 6) is 0.475. The fourth-order valence-corrected chi connectivity index (χ4v) is 1.63. The van der Waals surface area contributed by atoms with Gasteiger partial charge in [-0.25, -0.2) is 4.68 Å². The molecule has 1 heterocycles. The lowest BCUT2D eigenvalue weighted by Gasteiger charge is -2.07. The first-order valence-electron chi connectivity index (χ1n) is 6.26. The van der Waals surface area contributed by atoms with Crippen molar-refractivity contribution in [2.75, 3.05) is 18.4 Å². The monoisotopic (exact) mass is 250 g/mol. The van der Waals surface area contributed by atoms with Crippen LogP contribution in [0.5, 0.6) is 0 Å². The zero-order chi connectivity index (χ0) is 13.0. The number of anilines is 1. The Kier molecular flexibility index (Phi) is 3.96. The van der Waals surface area contributed by atoms with Crippen LogP contribution in [0.2, 0.25) is 0 Å². The lowest BCUT2D eigenvalue weighted by atomic mass is 10.4. The van der Waals surface area contributed by atoms with Crippen molar-refractivity contribution in [3.63, 3.8) is 0 Å². The third-order valence-corrected chi connectivity index (χ3v) is 2.83. The number of aromatic nitrogens is 2. The minimum absolute atomic E-state index is 0.0159. The number of nitrogens with zero attached hydrogens (tertiary/aromatic N) is 2. The first-order valence-corrected chi connectivity index (χ1v) is 6.26. The molecule has 1 amide bonds. The molecule has 1 aliphatic rings. The fourth-order valence-electron chi connectivity index (χ4n) is 1.63. The van der Waals surface area contributed by atoms with E-state index in [9.17, 15) is 9.59 Å². The van der Waals surface area contributed by atoms with Crippen LogP contribution in [0.1, 0.15) is 19.8 Å². The topological polar surface area (TPSA) is 76.0 Å². The lowest BCUT2D eigenvalue weighted by Crippen LogP contribution is -2.34. The maximum absolute atomic E-state index is 11.7. The van der Waals surface area contributed by atoms with E-state index in [1.807, 2.05) is 6.92 Å². The Hall–Kier alpha value is -1.85. The quantitative estimate of drug-likeness (QED) is 0.756. The van der Waals surface area contributed by atoms with Crippen LogP contribution in [0.25, 0.3) is 0 Å². The first kappa shape index (κ1) is 12.6. The highest BCUT2D eigenvalue weighted by Gasteiger charge is 2.21. The van der Waals surface area contributed by atoms with Crippen LogP contribution in [0.15, 0.2) is 17.1 Å². The molecule has 0 aliphatic heterocycles. The van der Waals surface area contributed by atoms with Gasteiger partial charge in [-0.3, -0.25) is 9.59 Å². The molecule has 0 unspecified atom stereocenters. The van der Waals surface area contributed by atoms with E-state index in [0.717, 1.165) is 6.54 Å². The highest BCUT2D eigenvalue weighted by molar-refractivity contribution is 5.75. The van der Waals surface area contributed by atoms with Crippen molar-refractivity contribution in [1.29, 1.82) is 0 Å². The molecular formula is C12H18N4O2. The van der Waals surface area contributed by atoms with Crippen molar-refractivity contribution >= 4 is 11.6 Å². The van der Waals surface area contributed by atoms with Gasteiger partial charge >= 0.3 is 0 Å². The second kappa shape index (κ2) is 5.66. The predicted molar refractivity (Wildman–Crippen MR) is 68.4 cm³/mol. The van der Waals surface area contributed by atoms with E-state index < -0.39 is 0 Å². The molecule has 0 bridgehead atoms. The fraction of sp³-hybridized carbons (Fsp3) is 0.583. The summed E-state index contributed by atoms with van der Waals surface area (Å²) in [6, 6.07) is 1.45. The maximum atomic E-state index is 11.7. The Labute approximate surface area is 105 Å². The summed E-state index contributed by atoms with van der Waals surface area (Å²) in [6.45, 7) is 3.37. The average molecular weight is 250 g/mol. The Bertz CT molecular complexity index is 479. The van der Waals surface area contributed by atoms with Gasteiger partial charge in [-0.05, 0) is 25.7 Å². The van der Waals surface area contributed by atoms with Gasteiger partial charge in [0.1, 0.15) is 6.54 Å². The highest BCUT2D eigenvalue weighted by atomic mass is 16.2. The van der Waals surface area contributed by atoms with Crippen molar-refractivity contribution in [2.24, 2.45) is 5.92 Å². The van der Waals surface area contributed by atoms with Gasteiger partial charge in [-0.15, -0.1) is 0 Å². The second-order valence-corrected chi connectivity index (χ2v) is 4.52. The highest BCUT2D eigenvalue weighted by Crippen LogP contribution is 2.27. The first-order chi connectivity index (χ1) is 8.69. The standard InChI is InChI=1S/C12H18N4O2/c1-2-13-10-5-12(18)16(15-7-10)8-11(17)14-6-9-3-4-9/h5,7,9,13H,2-4,6,8H2,1H3,(H,14,17). The van der Waals surface area contributed by atoms with Crippen molar-refractivity contribution in [2.45, 2.75) is 26.3 Å². The van der Waals surface area contributed by atoms with E-state index in [0.29, 0.717) is 18.2 Å². The Balaban J connectivity index is 1.91. The molecule has 1 saturated carbocycles. The van der Waals surface area contributed by atoms with Gasteiger partial charge in [0.25, 0.3) is 5.56 Å². The Morgan fingerprint density at radius 2 is 2.33 bits per heavy atom. The summed E-state index contributed by atoms with van der Waals surface area (Å²) in [4.78, 5) is 23.3. The van der Waals surface area contributed by atoms with Gasteiger partial charge in [0.2, 0.25) is 5.91 Å². The molecular weight excluding hydrogens is 232 g/mol. The van der Waals surface area contributed by atoms with Crippen molar-refractivity contribution in [3.05, 3.63) is 22.6 Å².